The molecule has 114 valence electrons. The number of hydrogen-bond donors (Lipinski definition) is 0. The van der Waals surface area contributed by atoms with Crippen molar-refractivity contribution in [2.24, 2.45) is 5.41 Å². The summed E-state index contributed by atoms with van der Waals surface area (Å²) < 4.78 is 2.70. The maximum atomic E-state index is 12.7. The first kappa shape index (κ1) is 15.7. The summed E-state index contributed by atoms with van der Waals surface area (Å²) in [4.78, 5) is 17.6. The zero-order valence-electron chi connectivity index (χ0n) is 12.9. The van der Waals surface area contributed by atoms with Gasteiger partial charge < -0.3 is 0 Å². The van der Waals surface area contributed by atoms with Crippen LogP contribution in [0.25, 0.3) is 19.3 Å². The third-order valence-corrected chi connectivity index (χ3v) is 7.01. The summed E-state index contributed by atoms with van der Waals surface area (Å²) in [6.45, 7) is 6.42. The van der Waals surface area contributed by atoms with Gasteiger partial charge in [-0.1, -0.05) is 0 Å². The molecule has 22 heavy (non-hydrogen) atoms. The number of fused-ring (bicyclic) bond motifs is 5. The van der Waals surface area contributed by atoms with Gasteiger partial charge in [0, 0.05) is 0 Å². The molecule has 0 saturated carbocycles. The van der Waals surface area contributed by atoms with Crippen LogP contribution >= 0.6 is 12.4 Å². The normalized spacial score (nSPS) is 16.6. The van der Waals surface area contributed by atoms with Crippen molar-refractivity contribution in [3.63, 3.8) is 0 Å². The molecule has 0 unspecified atom stereocenters. The van der Waals surface area contributed by atoms with Gasteiger partial charge in [0.1, 0.15) is 0 Å². The second-order valence-corrected chi connectivity index (χ2v) is 8.97. The number of benzene rings is 1. The molecule has 0 spiro atoms. The van der Waals surface area contributed by atoms with Crippen LogP contribution in [0.1, 0.15) is 42.0 Å². The predicted molar refractivity (Wildman–Crippen MR) is 94.6 cm³/mol. The molecule has 4 rings (SSSR count). The number of nitrogens with zero attached hydrogens (tertiary/aromatic N) is 1. The minimum atomic E-state index is 0. The molecule has 1 aliphatic carbocycles. The van der Waals surface area contributed by atoms with E-state index in [4.69, 9.17) is 4.98 Å². The minimum Gasteiger partial charge on any atom is -0.147 e. The van der Waals surface area contributed by atoms with Crippen LogP contribution in [-0.2, 0) is 6.42 Å². The molecule has 2 heterocycles. The molecule has 1 aromatic carbocycles. The molecule has 0 aliphatic heterocycles. The van der Waals surface area contributed by atoms with Crippen LogP contribution in [-0.4, -0.2) is 25.3 Å². The van der Waals surface area contributed by atoms with Crippen molar-refractivity contribution in [1.29, 1.82) is 0 Å². The average Bonchev–Trinajstić information content (AvgIpc) is 2.77. The van der Waals surface area contributed by atoms with E-state index in [0.29, 0.717) is 6.42 Å². The van der Waals surface area contributed by atoms with E-state index in [1.54, 1.807) is 0 Å². The second-order valence-electron chi connectivity index (χ2n) is 6.76. The van der Waals surface area contributed by atoms with Crippen molar-refractivity contribution in [3.05, 3.63) is 41.2 Å². The minimum absolute atomic E-state index is 0. The van der Waals surface area contributed by atoms with Crippen molar-refractivity contribution < 1.29 is 4.79 Å². The van der Waals surface area contributed by atoms with Gasteiger partial charge in [-0.15, -0.1) is 12.4 Å². The molecule has 2 aromatic heterocycles. The van der Waals surface area contributed by atoms with Crippen molar-refractivity contribution in [2.75, 3.05) is 0 Å². The Morgan fingerprint density at radius 1 is 1.18 bits per heavy atom. The largest absolute Gasteiger partial charge is 0.147 e. The van der Waals surface area contributed by atoms with Crippen LogP contribution < -0.4 is 0 Å². The molecule has 0 atom stereocenters. The van der Waals surface area contributed by atoms with Crippen molar-refractivity contribution >= 4 is 52.0 Å². The number of aryl methyl sites for hydroxylation is 1. The number of halogens is 1. The molecule has 2 nitrogen and oxygen atoms in total. The van der Waals surface area contributed by atoms with E-state index in [1.165, 1.54) is 19.3 Å². The Hall–Kier alpha value is -1.15. The molecule has 3 aromatic rings. The number of carbonyl (C=O) groups excluding carboxylic acids is 1. The first-order valence-electron chi connectivity index (χ1n) is 7.30. The Bertz CT molecular complexity index is 910. The third-order valence-electron chi connectivity index (χ3n) is 4.33. The van der Waals surface area contributed by atoms with Crippen LogP contribution in [0.2, 0.25) is 0 Å². The fourth-order valence-corrected chi connectivity index (χ4v) is 5.89. The SMILES string of the molecule is Cc1nc2c(c3c1[se]c1ccccc13)C(=O)CC(C)(C)C2.Cl. The molecule has 0 saturated heterocycles. The van der Waals surface area contributed by atoms with Gasteiger partial charge in [-0.2, -0.15) is 0 Å². The van der Waals surface area contributed by atoms with E-state index in [2.05, 4.69) is 45.0 Å². The van der Waals surface area contributed by atoms with Gasteiger partial charge >= 0.3 is 130 Å². The van der Waals surface area contributed by atoms with Crippen LogP contribution in [0.4, 0.5) is 0 Å². The smallest absolute Gasteiger partial charge is 0.147 e. The van der Waals surface area contributed by atoms with Gasteiger partial charge in [0.25, 0.3) is 0 Å². The second kappa shape index (κ2) is 5.19. The molecule has 1 aliphatic rings. The number of Topliss-reactive ketones (excluding diaryl/α,β-unsaturated/α-hetero) is 1. The Kier molecular flexibility index (Phi) is 3.71. The topological polar surface area (TPSA) is 30.0 Å². The van der Waals surface area contributed by atoms with E-state index >= 15 is 0 Å². The third kappa shape index (κ3) is 2.23. The van der Waals surface area contributed by atoms with Gasteiger partial charge in [-0.05, 0) is 0 Å². The summed E-state index contributed by atoms with van der Waals surface area (Å²) in [5.41, 5.74) is 3.08. The maximum absolute atomic E-state index is 12.7. The number of ketones is 1. The molecule has 0 amide bonds. The fourth-order valence-electron chi connectivity index (χ4n) is 3.47. The predicted octanol–water partition coefficient (Wildman–Crippen LogP) is 4.33. The van der Waals surface area contributed by atoms with E-state index in [0.717, 1.165) is 23.4 Å². The van der Waals surface area contributed by atoms with Crippen LogP contribution in [0, 0.1) is 12.3 Å². The first-order valence-corrected chi connectivity index (χ1v) is 9.01. The van der Waals surface area contributed by atoms with Gasteiger partial charge in [0.15, 0.2) is 0 Å². The summed E-state index contributed by atoms with van der Waals surface area (Å²) in [6, 6.07) is 8.52. The molecule has 0 radical (unpaired) electrons. The van der Waals surface area contributed by atoms with E-state index in [-0.39, 0.29) is 38.1 Å². The molecule has 0 bridgehead atoms. The summed E-state index contributed by atoms with van der Waals surface area (Å²) in [5, 5.41) is 2.47. The van der Waals surface area contributed by atoms with Gasteiger partial charge in [0.05, 0.1) is 0 Å². The van der Waals surface area contributed by atoms with Crippen LogP contribution in [0.3, 0.4) is 0 Å². The monoisotopic (exact) mass is 379 g/mol. The molecule has 4 heteroatoms. The van der Waals surface area contributed by atoms with Crippen molar-refractivity contribution in [3.8, 4) is 0 Å². The average molecular weight is 379 g/mol. The Morgan fingerprint density at radius 3 is 2.68 bits per heavy atom. The summed E-state index contributed by atoms with van der Waals surface area (Å²) in [5.74, 6) is 0.275. The number of hydrogen-bond acceptors (Lipinski definition) is 2. The van der Waals surface area contributed by atoms with Crippen molar-refractivity contribution in [1.82, 2.24) is 4.98 Å². The van der Waals surface area contributed by atoms with Gasteiger partial charge in [0.2, 0.25) is 0 Å². The zero-order chi connectivity index (χ0) is 14.8. The number of pyridine rings is 1. The van der Waals surface area contributed by atoms with Gasteiger partial charge in [-0.3, -0.25) is 0 Å². The Morgan fingerprint density at radius 2 is 1.91 bits per heavy atom. The molecular formula is C18H18ClNOSe. The molecular weight excluding hydrogens is 361 g/mol. The summed E-state index contributed by atoms with van der Waals surface area (Å²) in [7, 11) is 0. The van der Waals surface area contributed by atoms with Crippen molar-refractivity contribution in [2.45, 2.75) is 33.6 Å². The number of rotatable bonds is 0. The Balaban J connectivity index is 0.00000144. The van der Waals surface area contributed by atoms with Crippen LogP contribution in [0.5, 0.6) is 0 Å². The molecule has 0 N–H and O–H groups in total. The standard InChI is InChI=1S/C18H17NOSe.ClH/c1-10-17-15(11-6-4-5-7-14(11)21-17)16-12(19-10)8-18(2,3)9-13(16)20;/h4-7H,8-9H2,1-3H3;1H. The molecule has 0 fully saturated rings. The van der Waals surface area contributed by atoms with Gasteiger partial charge in [-0.25, -0.2) is 0 Å². The quantitative estimate of drug-likeness (QED) is 0.545. The van der Waals surface area contributed by atoms with Crippen LogP contribution in [0.15, 0.2) is 24.3 Å². The van der Waals surface area contributed by atoms with E-state index < -0.39 is 0 Å². The first-order chi connectivity index (χ1) is 9.96. The number of carbonyl (C=O) groups is 1. The zero-order valence-corrected chi connectivity index (χ0v) is 15.4. The summed E-state index contributed by atoms with van der Waals surface area (Å²) >= 11 is 0.283. The summed E-state index contributed by atoms with van der Waals surface area (Å²) in [6.07, 6.45) is 1.53. The maximum Gasteiger partial charge on any atom is -0.147 e. The Labute approximate surface area is 142 Å². The van der Waals surface area contributed by atoms with E-state index in [9.17, 15) is 4.79 Å². The van der Waals surface area contributed by atoms with E-state index in [1.807, 2.05) is 0 Å². The fraction of sp³-hybridized carbons (Fsp3) is 0.333. The number of aromatic nitrogens is 1.